The van der Waals surface area contributed by atoms with E-state index in [2.05, 4.69) is 10.5 Å². The Morgan fingerprint density at radius 1 is 1.25 bits per heavy atom. The fourth-order valence-electron chi connectivity index (χ4n) is 1.88. The van der Waals surface area contributed by atoms with Crippen LogP contribution >= 0.6 is 0 Å². The molecule has 0 spiro atoms. The maximum absolute atomic E-state index is 11.9. The largest absolute Gasteiger partial charge is 0.466 e. The van der Waals surface area contributed by atoms with E-state index < -0.39 is 0 Å². The first kappa shape index (κ1) is 13.9. The van der Waals surface area contributed by atoms with Crippen LogP contribution in [0.4, 0.5) is 5.69 Å². The molecule has 0 radical (unpaired) electrons. The van der Waals surface area contributed by atoms with E-state index in [1.165, 1.54) is 0 Å². The van der Waals surface area contributed by atoms with Crippen molar-refractivity contribution in [1.29, 1.82) is 0 Å². The average Bonchev–Trinajstić information content (AvgIpc) is 2.75. The zero-order valence-electron chi connectivity index (χ0n) is 11.7. The number of carbonyl (C=O) groups is 1. The number of hydrogen-bond acceptors (Lipinski definition) is 4. The molecular weight excluding hydrogens is 254 g/mol. The van der Waals surface area contributed by atoms with E-state index >= 15 is 0 Å². The van der Waals surface area contributed by atoms with Crippen molar-refractivity contribution in [2.24, 2.45) is 5.10 Å². The lowest BCUT2D eigenvalue weighted by atomic mass is 10.2. The number of nitrogen functional groups attached to an aromatic ring is 1. The smallest absolute Gasteiger partial charge is 0.271 e. The Morgan fingerprint density at radius 3 is 2.45 bits per heavy atom. The van der Waals surface area contributed by atoms with Gasteiger partial charge in [-0.1, -0.05) is 0 Å². The molecule has 0 saturated carbocycles. The van der Waals surface area contributed by atoms with E-state index in [9.17, 15) is 4.79 Å². The van der Waals surface area contributed by atoms with Gasteiger partial charge in [0.25, 0.3) is 5.91 Å². The molecule has 2 aromatic rings. The third-order valence-corrected chi connectivity index (χ3v) is 2.93. The summed E-state index contributed by atoms with van der Waals surface area (Å²) in [5.41, 5.74) is 10.8. The highest BCUT2D eigenvalue weighted by atomic mass is 16.3. The molecule has 0 fully saturated rings. The Balaban J connectivity index is 2.10. The van der Waals surface area contributed by atoms with Crippen molar-refractivity contribution >= 4 is 17.3 Å². The van der Waals surface area contributed by atoms with Gasteiger partial charge < -0.3 is 10.2 Å². The average molecular weight is 271 g/mol. The molecule has 0 bridgehead atoms. The summed E-state index contributed by atoms with van der Waals surface area (Å²) in [6.07, 6.45) is 0. The van der Waals surface area contributed by atoms with Crippen LogP contribution < -0.4 is 11.2 Å². The van der Waals surface area contributed by atoms with Gasteiger partial charge in [-0.05, 0) is 51.1 Å². The van der Waals surface area contributed by atoms with E-state index in [4.69, 9.17) is 10.2 Å². The first-order valence-corrected chi connectivity index (χ1v) is 6.25. The van der Waals surface area contributed by atoms with Crippen molar-refractivity contribution in [3.8, 4) is 0 Å². The van der Waals surface area contributed by atoms with Gasteiger partial charge in [0.1, 0.15) is 11.5 Å². The van der Waals surface area contributed by atoms with Crippen LogP contribution in [-0.4, -0.2) is 11.6 Å². The zero-order chi connectivity index (χ0) is 14.7. The molecule has 1 aromatic carbocycles. The van der Waals surface area contributed by atoms with Crippen LogP contribution in [0.15, 0.2) is 39.9 Å². The zero-order valence-corrected chi connectivity index (χ0v) is 11.7. The normalized spacial score (nSPS) is 11.4. The van der Waals surface area contributed by atoms with Gasteiger partial charge in [-0.2, -0.15) is 5.10 Å². The van der Waals surface area contributed by atoms with E-state index in [1.54, 1.807) is 24.3 Å². The highest BCUT2D eigenvalue weighted by molar-refractivity contribution is 6.01. The van der Waals surface area contributed by atoms with Gasteiger partial charge in [-0.25, -0.2) is 5.43 Å². The maximum Gasteiger partial charge on any atom is 0.271 e. The molecule has 104 valence electrons. The maximum atomic E-state index is 11.9. The second-order valence-electron chi connectivity index (χ2n) is 4.59. The molecule has 0 aliphatic carbocycles. The van der Waals surface area contributed by atoms with E-state index in [0.29, 0.717) is 17.0 Å². The second-order valence-corrected chi connectivity index (χ2v) is 4.59. The molecule has 1 heterocycles. The number of nitrogens with one attached hydrogen (secondary N) is 1. The summed E-state index contributed by atoms with van der Waals surface area (Å²) < 4.78 is 5.43. The summed E-state index contributed by atoms with van der Waals surface area (Å²) in [7, 11) is 0. The molecule has 0 atom stereocenters. The van der Waals surface area contributed by atoms with Gasteiger partial charge in [0.2, 0.25) is 0 Å². The summed E-state index contributed by atoms with van der Waals surface area (Å²) >= 11 is 0. The predicted molar refractivity (Wildman–Crippen MR) is 78.7 cm³/mol. The first-order chi connectivity index (χ1) is 9.47. The molecule has 0 aliphatic rings. The third-order valence-electron chi connectivity index (χ3n) is 2.93. The predicted octanol–water partition coefficient (Wildman–Crippen LogP) is 2.63. The van der Waals surface area contributed by atoms with Crippen molar-refractivity contribution in [3.63, 3.8) is 0 Å². The van der Waals surface area contributed by atoms with Crippen molar-refractivity contribution in [3.05, 3.63) is 53.0 Å². The Kier molecular flexibility index (Phi) is 3.89. The Bertz CT molecular complexity index is 654. The van der Waals surface area contributed by atoms with Crippen molar-refractivity contribution < 1.29 is 9.21 Å². The Labute approximate surface area is 117 Å². The van der Waals surface area contributed by atoms with E-state index in [1.807, 2.05) is 26.8 Å². The van der Waals surface area contributed by atoms with Gasteiger partial charge in [0, 0.05) is 16.8 Å². The lowest BCUT2D eigenvalue weighted by Gasteiger charge is -2.02. The summed E-state index contributed by atoms with van der Waals surface area (Å²) in [4.78, 5) is 11.9. The van der Waals surface area contributed by atoms with Crippen LogP contribution in [0.3, 0.4) is 0 Å². The molecule has 1 aromatic heterocycles. The first-order valence-electron chi connectivity index (χ1n) is 6.25. The number of carbonyl (C=O) groups excluding carboxylic acids is 1. The number of aryl methyl sites for hydroxylation is 2. The van der Waals surface area contributed by atoms with Crippen LogP contribution in [0.1, 0.15) is 34.4 Å². The molecule has 2 rings (SSSR count). The second kappa shape index (κ2) is 5.61. The minimum atomic E-state index is -0.276. The standard InChI is InChI=1S/C15H17N3O2/c1-9-8-14(11(3)20-9)10(2)17-18-15(19)12-4-6-13(16)7-5-12/h4-8H,16H2,1-3H3,(H,18,19)/b17-10-. The quantitative estimate of drug-likeness (QED) is 0.511. The summed E-state index contributed by atoms with van der Waals surface area (Å²) in [6, 6.07) is 8.55. The summed E-state index contributed by atoms with van der Waals surface area (Å²) in [5, 5.41) is 4.09. The lowest BCUT2D eigenvalue weighted by molar-refractivity contribution is 0.0955. The van der Waals surface area contributed by atoms with Crippen molar-refractivity contribution in [2.45, 2.75) is 20.8 Å². The van der Waals surface area contributed by atoms with Crippen molar-refractivity contribution in [1.82, 2.24) is 5.43 Å². The number of nitrogens with zero attached hydrogens (tertiary/aromatic N) is 1. The Morgan fingerprint density at radius 2 is 1.90 bits per heavy atom. The molecular formula is C15H17N3O2. The molecule has 1 amide bonds. The van der Waals surface area contributed by atoms with Crippen LogP contribution in [0.5, 0.6) is 0 Å². The van der Waals surface area contributed by atoms with Crippen LogP contribution in [0, 0.1) is 13.8 Å². The molecule has 0 saturated heterocycles. The molecule has 5 nitrogen and oxygen atoms in total. The van der Waals surface area contributed by atoms with Gasteiger partial charge in [-0.3, -0.25) is 4.79 Å². The van der Waals surface area contributed by atoms with E-state index in [0.717, 1.165) is 17.1 Å². The topological polar surface area (TPSA) is 80.6 Å². The minimum Gasteiger partial charge on any atom is -0.466 e. The van der Waals surface area contributed by atoms with Gasteiger partial charge >= 0.3 is 0 Å². The lowest BCUT2D eigenvalue weighted by Crippen LogP contribution is -2.19. The molecule has 20 heavy (non-hydrogen) atoms. The summed E-state index contributed by atoms with van der Waals surface area (Å²) in [6.45, 7) is 5.56. The molecule has 5 heteroatoms. The minimum absolute atomic E-state index is 0.276. The summed E-state index contributed by atoms with van der Waals surface area (Å²) in [5.74, 6) is 1.32. The number of nitrogens with two attached hydrogens (primary N) is 1. The Hall–Kier alpha value is -2.56. The highest BCUT2D eigenvalue weighted by Gasteiger charge is 2.09. The highest BCUT2D eigenvalue weighted by Crippen LogP contribution is 2.14. The van der Waals surface area contributed by atoms with Crippen LogP contribution in [0.2, 0.25) is 0 Å². The molecule has 3 N–H and O–H groups in total. The van der Waals surface area contributed by atoms with Gasteiger partial charge in [0.05, 0.1) is 5.71 Å². The molecule has 0 unspecified atom stereocenters. The van der Waals surface area contributed by atoms with Gasteiger partial charge in [-0.15, -0.1) is 0 Å². The van der Waals surface area contributed by atoms with Crippen LogP contribution in [-0.2, 0) is 0 Å². The monoisotopic (exact) mass is 271 g/mol. The number of amides is 1. The SMILES string of the molecule is C/C(=N/NC(=O)c1ccc(N)cc1)c1cc(C)oc1C. The fraction of sp³-hybridized carbons (Fsp3) is 0.200. The number of furan rings is 1. The number of hydrazone groups is 1. The van der Waals surface area contributed by atoms with Crippen molar-refractivity contribution in [2.75, 3.05) is 5.73 Å². The van der Waals surface area contributed by atoms with Gasteiger partial charge in [0.15, 0.2) is 0 Å². The van der Waals surface area contributed by atoms with Crippen LogP contribution in [0.25, 0.3) is 0 Å². The molecule has 0 aliphatic heterocycles. The van der Waals surface area contributed by atoms with E-state index in [-0.39, 0.29) is 5.91 Å². The fourth-order valence-corrected chi connectivity index (χ4v) is 1.88. The number of anilines is 1. The number of benzene rings is 1. The number of rotatable bonds is 3. The number of hydrogen-bond donors (Lipinski definition) is 2. The third kappa shape index (κ3) is 3.06.